The van der Waals surface area contributed by atoms with Crippen LogP contribution in [-0.4, -0.2) is 38.3 Å². The van der Waals surface area contributed by atoms with Crippen LogP contribution in [0.25, 0.3) is 5.65 Å². The lowest BCUT2D eigenvalue weighted by atomic mass is 9.96. The van der Waals surface area contributed by atoms with Crippen molar-refractivity contribution in [2.24, 2.45) is 5.73 Å². The predicted molar refractivity (Wildman–Crippen MR) is 153 cm³/mol. The summed E-state index contributed by atoms with van der Waals surface area (Å²) in [5.74, 6) is -0.167. The monoisotopic (exact) mass is 517 g/mol. The second-order valence-electron chi connectivity index (χ2n) is 9.54. The largest absolute Gasteiger partial charge is 0.330 e. The van der Waals surface area contributed by atoms with Gasteiger partial charge >= 0.3 is 0 Å². The molecule has 0 aliphatic rings. The van der Waals surface area contributed by atoms with Crippen molar-refractivity contribution in [1.29, 1.82) is 0 Å². The molecule has 0 aliphatic carbocycles. The molecule has 1 amide bonds. The molecule has 3 heterocycles. The maximum Gasteiger partial charge on any atom is 0.261 e. The molecule has 0 saturated heterocycles. The minimum absolute atomic E-state index is 0.165. The summed E-state index contributed by atoms with van der Waals surface area (Å²) in [6.07, 6.45) is 4.38. The molecule has 0 bridgehead atoms. The van der Waals surface area contributed by atoms with Crippen LogP contribution in [0.2, 0.25) is 0 Å². The van der Waals surface area contributed by atoms with Crippen molar-refractivity contribution in [3.63, 3.8) is 0 Å². The van der Waals surface area contributed by atoms with Gasteiger partial charge in [0.25, 0.3) is 11.5 Å². The van der Waals surface area contributed by atoms with Gasteiger partial charge in [-0.1, -0.05) is 60.2 Å². The Balaban J connectivity index is 1.76. The van der Waals surface area contributed by atoms with E-state index in [0.29, 0.717) is 54.1 Å². The van der Waals surface area contributed by atoms with Crippen LogP contribution >= 0.6 is 0 Å². The van der Waals surface area contributed by atoms with Gasteiger partial charge in [0.05, 0.1) is 11.4 Å². The van der Waals surface area contributed by atoms with Crippen molar-refractivity contribution >= 4 is 11.6 Å². The highest BCUT2D eigenvalue weighted by Gasteiger charge is 2.32. The Morgan fingerprint density at radius 3 is 2.41 bits per heavy atom. The fourth-order valence-corrected chi connectivity index (χ4v) is 4.79. The second kappa shape index (κ2) is 11.8. The summed E-state index contributed by atoms with van der Waals surface area (Å²) >= 11 is 0. The van der Waals surface area contributed by atoms with Gasteiger partial charge in [-0.05, 0) is 61.9 Å². The van der Waals surface area contributed by atoms with Gasteiger partial charge in [0.2, 0.25) is 0 Å². The van der Waals surface area contributed by atoms with Crippen molar-refractivity contribution < 1.29 is 4.79 Å². The highest BCUT2D eigenvalue weighted by atomic mass is 16.2. The first kappa shape index (κ1) is 26.0. The number of carbonyl (C=O) groups is 1. The molecule has 3 aromatic heterocycles. The smallest absolute Gasteiger partial charge is 0.261 e. The van der Waals surface area contributed by atoms with E-state index in [1.807, 2.05) is 91.9 Å². The van der Waals surface area contributed by atoms with Crippen LogP contribution in [0, 0.1) is 6.92 Å². The molecule has 1 atom stereocenters. The molecule has 0 fully saturated rings. The van der Waals surface area contributed by atoms with Gasteiger partial charge in [0.1, 0.15) is 11.7 Å². The fourth-order valence-electron chi connectivity index (χ4n) is 4.79. The van der Waals surface area contributed by atoms with Crippen LogP contribution in [0.3, 0.4) is 0 Å². The van der Waals surface area contributed by atoms with E-state index in [9.17, 15) is 9.59 Å². The zero-order valence-electron chi connectivity index (χ0n) is 21.9. The van der Waals surface area contributed by atoms with E-state index < -0.39 is 6.04 Å². The third-order valence-electron chi connectivity index (χ3n) is 6.78. The van der Waals surface area contributed by atoms with Crippen LogP contribution in [0.1, 0.15) is 50.9 Å². The minimum atomic E-state index is -0.692. The Labute approximate surface area is 227 Å². The highest BCUT2D eigenvalue weighted by molar-refractivity contribution is 5.94. The van der Waals surface area contributed by atoms with Crippen molar-refractivity contribution in [2.45, 2.75) is 25.8 Å². The lowest BCUT2D eigenvalue weighted by molar-refractivity contribution is 0.0698. The van der Waals surface area contributed by atoms with E-state index in [1.165, 1.54) is 0 Å². The van der Waals surface area contributed by atoms with Crippen molar-refractivity contribution in [3.8, 4) is 0 Å². The predicted octanol–water partition coefficient (Wildman–Crippen LogP) is 4.57. The molecular formula is C32H31N5O2. The topological polar surface area (TPSA) is 93.6 Å². The number of hydrogen-bond acceptors (Lipinski definition) is 5. The van der Waals surface area contributed by atoms with Crippen molar-refractivity contribution in [1.82, 2.24) is 19.3 Å². The Morgan fingerprint density at radius 2 is 1.69 bits per heavy atom. The molecule has 0 radical (unpaired) electrons. The zero-order chi connectivity index (χ0) is 27.2. The van der Waals surface area contributed by atoms with Crippen molar-refractivity contribution in [2.75, 3.05) is 13.1 Å². The standard InChI is InChI=1S/C32H31N5O2/c1-23-14-16-25(17-15-23)31(38)37(21-9-18-33)30(27-12-5-7-19-34-27)29-26(22-24-10-3-2-4-11-24)32(39)36-20-8-6-13-28(36)35-29/h2-8,10-17,19-20,30H,9,18,21-22,33H2,1H3. The van der Waals surface area contributed by atoms with E-state index in [1.54, 1.807) is 27.8 Å². The lowest BCUT2D eigenvalue weighted by Gasteiger charge is -2.32. The second-order valence-corrected chi connectivity index (χ2v) is 9.54. The summed E-state index contributed by atoms with van der Waals surface area (Å²) in [5.41, 5.74) is 10.5. The first-order valence-corrected chi connectivity index (χ1v) is 13.1. The Kier molecular flexibility index (Phi) is 7.89. The minimum Gasteiger partial charge on any atom is -0.330 e. The van der Waals surface area contributed by atoms with Crippen LogP contribution < -0.4 is 11.3 Å². The number of aromatic nitrogens is 3. The molecule has 2 aromatic carbocycles. The summed E-state index contributed by atoms with van der Waals surface area (Å²) in [4.78, 5) is 39.5. The van der Waals surface area contributed by atoms with Gasteiger partial charge in [-0.2, -0.15) is 0 Å². The molecule has 5 aromatic rings. The molecule has 1 unspecified atom stereocenters. The number of benzene rings is 2. The Bertz CT molecular complexity index is 1620. The number of nitrogens with zero attached hydrogens (tertiary/aromatic N) is 4. The third kappa shape index (κ3) is 5.63. The van der Waals surface area contributed by atoms with E-state index in [0.717, 1.165) is 11.1 Å². The number of fused-ring (bicyclic) bond motifs is 1. The summed E-state index contributed by atoms with van der Waals surface area (Å²) < 4.78 is 1.56. The maximum atomic E-state index is 14.1. The van der Waals surface area contributed by atoms with E-state index in [2.05, 4.69) is 4.98 Å². The van der Waals surface area contributed by atoms with Gasteiger partial charge in [-0.15, -0.1) is 0 Å². The summed E-state index contributed by atoms with van der Waals surface area (Å²) in [6.45, 7) is 2.78. The van der Waals surface area contributed by atoms with Gasteiger partial charge in [-0.25, -0.2) is 4.98 Å². The quantitative estimate of drug-likeness (QED) is 0.309. The van der Waals surface area contributed by atoms with Gasteiger partial charge in [0.15, 0.2) is 0 Å². The normalized spacial score (nSPS) is 11.8. The Morgan fingerprint density at radius 1 is 0.949 bits per heavy atom. The molecule has 39 heavy (non-hydrogen) atoms. The first-order chi connectivity index (χ1) is 19.1. The maximum absolute atomic E-state index is 14.1. The molecule has 0 saturated carbocycles. The number of amides is 1. The van der Waals surface area contributed by atoms with Crippen LogP contribution in [-0.2, 0) is 6.42 Å². The number of hydrogen-bond donors (Lipinski definition) is 1. The molecule has 7 nitrogen and oxygen atoms in total. The Hall–Kier alpha value is -4.62. The molecule has 5 rings (SSSR count). The number of aryl methyl sites for hydroxylation is 1. The van der Waals surface area contributed by atoms with Crippen LogP contribution in [0.15, 0.2) is 108 Å². The van der Waals surface area contributed by atoms with Gasteiger partial charge in [-0.3, -0.25) is 19.0 Å². The number of rotatable bonds is 9. The summed E-state index contributed by atoms with van der Waals surface area (Å²) in [5, 5.41) is 0. The third-order valence-corrected chi connectivity index (χ3v) is 6.78. The first-order valence-electron chi connectivity index (χ1n) is 13.1. The van der Waals surface area contributed by atoms with Crippen LogP contribution in [0.4, 0.5) is 0 Å². The van der Waals surface area contributed by atoms with Gasteiger partial charge < -0.3 is 10.6 Å². The summed E-state index contributed by atoms with van der Waals surface area (Å²) in [7, 11) is 0. The zero-order valence-corrected chi connectivity index (χ0v) is 21.9. The molecule has 0 aliphatic heterocycles. The average molecular weight is 518 g/mol. The van der Waals surface area contributed by atoms with E-state index in [-0.39, 0.29) is 11.5 Å². The lowest BCUT2D eigenvalue weighted by Crippen LogP contribution is -2.39. The SMILES string of the molecule is Cc1ccc(C(=O)N(CCCN)C(c2ccccn2)c2nc3ccccn3c(=O)c2Cc2ccccc2)cc1. The summed E-state index contributed by atoms with van der Waals surface area (Å²) in [6, 6.07) is 27.7. The molecular weight excluding hydrogens is 486 g/mol. The molecule has 0 spiro atoms. The number of carbonyl (C=O) groups excluding carboxylic acids is 1. The fraction of sp³-hybridized carbons (Fsp3) is 0.188. The number of pyridine rings is 2. The molecule has 196 valence electrons. The van der Waals surface area contributed by atoms with Gasteiger partial charge in [0, 0.05) is 36.5 Å². The average Bonchev–Trinajstić information content (AvgIpc) is 2.98. The number of nitrogens with two attached hydrogens (primary N) is 1. The molecule has 2 N–H and O–H groups in total. The highest BCUT2D eigenvalue weighted by Crippen LogP contribution is 2.31. The van der Waals surface area contributed by atoms with Crippen molar-refractivity contribution in [3.05, 3.63) is 147 Å². The van der Waals surface area contributed by atoms with E-state index >= 15 is 0 Å². The van der Waals surface area contributed by atoms with Crippen LogP contribution in [0.5, 0.6) is 0 Å². The molecule has 7 heteroatoms. The van der Waals surface area contributed by atoms with E-state index in [4.69, 9.17) is 10.7 Å².